The lowest BCUT2D eigenvalue weighted by molar-refractivity contribution is 0.579. The molecular formula is C22H26N4. The van der Waals surface area contributed by atoms with E-state index in [9.17, 15) is 0 Å². The highest BCUT2D eigenvalue weighted by atomic mass is 15.3. The quantitative estimate of drug-likeness (QED) is 0.781. The first-order chi connectivity index (χ1) is 12.5. The van der Waals surface area contributed by atoms with Crippen LogP contribution in [0.5, 0.6) is 0 Å². The number of rotatable bonds is 3. The number of nitrogens with zero attached hydrogens (tertiary/aromatic N) is 3. The zero-order valence-electron chi connectivity index (χ0n) is 15.8. The Morgan fingerprint density at radius 1 is 1.12 bits per heavy atom. The van der Waals surface area contributed by atoms with Gasteiger partial charge in [-0.25, -0.2) is 0 Å². The van der Waals surface area contributed by atoms with Gasteiger partial charge in [0.05, 0.1) is 12.2 Å². The van der Waals surface area contributed by atoms with E-state index in [2.05, 4.69) is 66.1 Å². The van der Waals surface area contributed by atoms with Crippen LogP contribution in [-0.2, 0) is 24.9 Å². The summed E-state index contributed by atoms with van der Waals surface area (Å²) in [5, 5.41) is 8.44. The van der Waals surface area contributed by atoms with Crippen molar-refractivity contribution < 1.29 is 0 Å². The normalized spacial score (nSPS) is 14.3. The molecule has 4 heteroatoms. The Labute approximate surface area is 155 Å². The predicted octanol–water partition coefficient (Wildman–Crippen LogP) is 3.94. The zero-order valence-corrected chi connectivity index (χ0v) is 15.8. The summed E-state index contributed by atoms with van der Waals surface area (Å²) in [6, 6.07) is 13.0. The van der Waals surface area contributed by atoms with Gasteiger partial charge in [0.25, 0.3) is 0 Å². The number of hydrogen-bond acceptors (Lipinski definition) is 3. The molecule has 0 radical (unpaired) electrons. The highest BCUT2D eigenvalue weighted by molar-refractivity contribution is 5.63. The van der Waals surface area contributed by atoms with E-state index in [-0.39, 0.29) is 5.41 Å². The van der Waals surface area contributed by atoms with Gasteiger partial charge in [-0.05, 0) is 28.7 Å². The van der Waals surface area contributed by atoms with Gasteiger partial charge in [0.2, 0.25) is 0 Å². The Morgan fingerprint density at radius 3 is 2.62 bits per heavy atom. The molecule has 1 aliphatic heterocycles. The fourth-order valence-electron chi connectivity index (χ4n) is 3.57. The SMILES string of the molecule is CC(C)(C)c1ccc(Cn2nc(-c3cccnc3)c3c2CCNC3)cc1. The highest BCUT2D eigenvalue weighted by Gasteiger charge is 2.22. The third kappa shape index (κ3) is 3.29. The average Bonchev–Trinajstić information content (AvgIpc) is 3.01. The Kier molecular flexibility index (Phi) is 4.37. The maximum absolute atomic E-state index is 4.97. The Bertz CT molecular complexity index is 886. The van der Waals surface area contributed by atoms with Crippen LogP contribution in [0.4, 0.5) is 0 Å². The van der Waals surface area contributed by atoms with Crippen LogP contribution in [0.15, 0.2) is 48.8 Å². The van der Waals surface area contributed by atoms with Crippen LogP contribution in [0.3, 0.4) is 0 Å². The van der Waals surface area contributed by atoms with Crippen LogP contribution < -0.4 is 5.32 Å². The van der Waals surface area contributed by atoms with Gasteiger partial charge in [-0.15, -0.1) is 0 Å². The second kappa shape index (κ2) is 6.69. The standard InChI is InChI=1S/C22H26N4/c1-22(2,3)18-8-6-16(7-9-18)15-26-20-10-12-24-14-19(20)21(25-26)17-5-4-11-23-13-17/h4-9,11,13,24H,10,12,14-15H2,1-3H3. The van der Waals surface area contributed by atoms with E-state index in [0.29, 0.717) is 0 Å². The molecule has 0 saturated carbocycles. The second-order valence-electron chi connectivity index (χ2n) is 8.05. The van der Waals surface area contributed by atoms with E-state index in [1.165, 1.54) is 22.4 Å². The maximum Gasteiger partial charge on any atom is 0.0986 e. The molecule has 3 heterocycles. The van der Waals surface area contributed by atoms with E-state index in [4.69, 9.17) is 5.10 Å². The third-order valence-corrected chi connectivity index (χ3v) is 5.09. The minimum Gasteiger partial charge on any atom is -0.312 e. The molecule has 0 saturated heterocycles. The summed E-state index contributed by atoms with van der Waals surface area (Å²) in [7, 11) is 0. The summed E-state index contributed by atoms with van der Waals surface area (Å²) in [4.78, 5) is 4.27. The second-order valence-corrected chi connectivity index (χ2v) is 8.05. The number of nitrogens with one attached hydrogen (secondary N) is 1. The molecule has 26 heavy (non-hydrogen) atoms. The molecule has 0 atom stereocenters. The van der Waals surface area contributed by atoms with Crippen molar-refractivity contribution in [3.63, 3.8) is 0 Å². The fraction of sp³-hybridized carbons (Fsp3) is 0.364. The fourth-order valence-corrected chi connectivity index (χ4v) is 3.57. The van der Waals surface area contributed by atoms with Gasteiger partial charge in [-0.2, -0.15) is 5.10 Å². The van der Waals surface area contributed by atoms with Gasteiger partial charge in [0, 0.05) is 48.7 Å². The van der Waals surface area contributed by atoms with Crippen molar-refractivity contribution in [3.05, 3.63) is 71.2 Å². The van der Waals surface area contributed by atoms with Gasteiger partial charge in [0.15, 0.2) is 0 Å². The summed E-state index contributed by atoms with van der Waals surface area (Å²) in [6.07, 6.45) is 4.73. The van der Waals surface area contributed by atoms with Gasteiger partial charge >= 0.3 is 0 Å². The zero-order chi connectivity index (χ0) is 18.1. The van der Waals surface area contributed by atoms with Crippen LogP contribution in [0.2, 0.25) is 0 Å². The smallest absolute Gasteiger partial charge is 0.0986 e. The molecule has 0 bridgehead atoms. The average molecular weight is 346 g/mol. The molecule has 0 amide bonds. The first-order valence-electron chi connectivity index (χ1n) is 9.31. The predicted molar refractivity (Wildman–Crippen MR) is 105 cm³/mol. The molecule has 1 N–H and O–H groups in total. The molecule has 1 aliphatic rings. The minimum atomic E-state index is 0.183. The van der Waals surface area contributed by atoms with Crippen molar-refractivity contribution in [2.45, 2.75) is 45.7 Å². The van der Waals surface area contributed by atoms with Crippen LogP contribution in [-0.4, -0.2) is 21.3 Å². The number of aromatic nitrogens is 3. The molecule has 0 spiro atoms. The molecule has 0 aliphatic carbocycles. The molecule has 4 nitrogen and oxygen atoms in total. The van der Waals surface area contributed by atoms with Gasteiger partial charge in [0.1, 0.15) is 0 Å². The minimum absolute atomic E-state index is 0.183. The Balaban J connectivity index is 1.68. The maximum atomic E-state index is 4.97. The van der Waals surface area contributed by atoms with Crippen molar-refractivity contribution >= 4 is 0 Å². The van der Waals surface area contributed by atoms with Crippen LogP contribution in [0.1, 0.15) is 43.2 Å². The monoisotopic (exact) mass is 346 g/mol. The Morgan fingerprint density at radius 2 is 1.92 bits per heavy atom. The first kappa shape index (κ1) is 17.0. The topological polar surface area (TPSA) is 42.7 Å². The lowest BCUT2D eigenvalue weighted by atomic mass is 9.87. The summed E-state index contributed by atoms with van der Waals surface area (Å²) < 4.78 is 2.19. The number of fused-ring (bicyclic) bond motifs is 1. The highest BCUT2D eigenvalue weighted by Crippen LogP contribution is 2.28. The van der Waals surface area contributed by atoms with Crippen molar-refractivity contribution in [2.24, 2.45) is 0 Å². The van der Waals surface area contributed by atoms with Crippen molar-refractivity contribution in [1.29, 1.82) is 0 Å². The van der Waals surface area contributed by atoms with Gasteiger partial charge in [-0.1, -0.05) is 45.0 Å². The van der Waals surface area contributed by atoms with E-state index >= 15 is 0 Å². The molecule has 1 aromatic carbocycles. The number of hydrogen-bond donors (Lipinski definition) is 1. The molecule has 3 aromatic rings. The molecular weight excluding hydrogens is 320 g/mol. The van der Waals surface area contributed by atoms with Gasteiger partial charge < -0.3 is 5.32 Å². The summed E-state index contributed by atoms with van der Waals surface area (Å²) in [6.45, 7) is 9.45. The molecule has 134 valence electrons. The van der Waals surface area contributed by atoms with E-state index in [1.807, 2.05) is 18.5 Å². The van der Waals surface area contributed by atoms with Crippen molar-refractivity contribution in [1.82, 2.24) is 20.1 Å². The van der Waals surface area contributed by atoms with E-state index in [1.54, 1.807) is 0 Å². The summed E-state index contributed by atoms with van der Waals surface area (Å²) in [5.41, 5.74) is 7.66. The van der Waals surface area contributed by atoms with E-state index in [0.717, 1.165) is 37.3 Å². The lowest BCUT2D eigenvalue weighted by Crippen LogP contribution is -2.25. The number of pyridine rings is 1. The molecule has 4 rings (SSSR count). The van der Waals surface area contributed by atoms with Crippen LogP contribution in [0.25, 0.3) is 11.3 Å². The summed E-state index contributed by atoms with van der Waals surface area (Å²) in [5.74, 6) is 0. The van der Waals surface area contributed by atoms with Crippen molar-refractivity contribution in [2.75, 3.05) is 6.54 Å². The summed E-state index contributed by atoms with van der Waals surface area (Å²) >= 11 is 0. The molecule has 0 fully saturated rings. The number of benzene rings is 1. The first-order valence-corrected chi connectivity index (χ1v) is 9.31. The molecule has 0 unspecified atom stereocenters. The Hall–Kier alpha value is -2.46. The molecule has 2 aromatic heterocycles. The van der Waals surface area contributed by atoms with Crippen LogP contribution >= 0.6 is 0 Å². The van der Waals surface area contributed by atoms with E-state index < -0.39 is 0 Å². The largest absolute Gasteiger partial charge is 0.312 e. The lowest BCUT2D eigenvalue weighted by Gasteiger charge is -2.19. The van der Waals surface area contributed by atoms with Crippen molar-refractivity contribution in [3.8, 4) is 11.3 Å². The van der Waals surface area contributed by atoms with Gasteiger partial charge in [-0.3, -0.25) is 9.67 Å². The van der Waals surface area contributed by atoms with Crippen LogP contribution in [0, 0.1) is 0 Å². The third-order valence-electron chi connectivity index (χ3n) is 5.09.